The van der Waals surface area contributed by atoms with Crippen molar-refractivity contribution in [1.29, 1.82) is 0 Å². The van der Waals surface area contributed by atoms with Crippen LogP contribution in [0.25, 0.3) is 0 Å². The van der Waals surface area contributed by atoms with Gasteiger partial charge >= 0.3 is 0 Å². The fourth-order valence-corrected chi connectivity index (χ4v) is 6.31. The van der Waals surface area contributed by atoms with Crippen molar-refractivity contribution in [1.82, 2.24) is 9.62 Å². The monoisotopic (exact) mass is 506 g/mol. The lowest BCUT2D eigenvalue weighted by Gasteiger charge is -2.26. The van der Waals surface area contributed by atoms with Crippen molar-refractivity contribution in [2.45, 2.75) is 50.0 Å². The van der Waals surface area contributed by atoms with E-state index in [1.165, 1.54) is 0 Å². The average molecular weight is 507 g/mol. The standard InChI is InChI=1S/C29H34N2O4S/c1-22-11-7-8-14-26(22)29(23-12-5-3-6-13-23)30-28(32)18-15-24-21-25(16-17-27(24)35-2)36(33,34)31-19-9-4-10-20-31/h3,5-8,11-14,16-17,21,29H,4,9-10,15,18-20H2,1-2H3,(H,30,32). The molecule has 190 valence electrons. The average Bonchev–Trinajstić information content (AvgIpc) is 2.92. The van der Waals surface area contributed by atoms with Crippen molar-refractivity contribution < 1.29 is 17.9 Å². The summed E-state index contributed by atoms with van der Waals surface area (Å²) in [5.41, 5.74) is 3.86. The minimum Gasteiger partial charge on any atom is -0.496 e. The van der Waals surface area contributed by atoms with Crippen molar-refractivity contribution in [2.24, 2.45) is 0 Å². The number of carbonyl (C=O) groups is 1. The zero-order valence-electron chi connectivity index (χ0n) is 20.9. The van der Waals surface area contributed by atoms with Crippen LogP contribution in [-0.4, -0.2) is 38.8 Å². The highest BCUT2D eigenvalue weighted by Gasteiger charge is 2.27. The van der Waals surface area contributed by atoms with Gasteiger partial charge in [-0.15, -0.1) is 0 Å². The van der Waals surface area contributed by atoms with Crippen LogP contribution < -0.4 is 10.1 Å². The molecule has 1 aliphatic rings. The maximum Gasteiger partial charge on any atom is 0.243 e. The SMILES string of the molecule is COc1ccc(S(=O)(=O)N2CCCCC2)cc1CCC(=O)NC(c1ccccc1)c1ccccc1C. The quantitative estimate of drug-likeness (QED) is 0.442. The lowest BCUT2D eigenvalue weighted by Crippen LogP contribution is -2.35. The molecule has 1 amide bonds. The molecule has 0 aromatic heterocycles. The number of benzene rings is 3. The van der Waals surface area contributed by atoms with E-state index in [0.29, 0.717) is 30.8 Å². The molecular formula is C29H34N2O4S. The fraction of sp³-hybridized carbons (Fsp3) is 0.345. The summed E-state index contributed by atoms with van der Waals surface area (Å²) < 4.78 is 33.4. The molecule has 1 aliphatic heterocycles. The first-order chi connectivity index (χ1) is 17.4. The third kappa shape index (κ3) is 5.97. The van der Waals surface area contributed by atoms with Crippen LogP contribution in [0.1, 0.15) is 54.0 Å². The molecule has 0 aliphatic carbocycles. The second kappa shape index (κ2) is 11.7. The number of ether oxygens (including phenoxy) is 1. The molecule has 0 bridgehead atoms. The second-order valence-corrected chi connectivity index (χ2v) is 11.1. The molecule has 1 atom stereocenters. The highest BCUT2D eigenvalue weighted by atomic mass is 32.2. The molecule has 4 rings (SSSR count). The summed E-state index contributed by atoms with van der Waals surface area (Å²) in [5.74, 6) is 0.470. The van der Waals surface area contributed by atoms with Crippen molar-refractivity contribution in [2.75, 3.05) is 20.2 Å². The number of nitrogens with zero attached hydrogens (tertiary/aromatic N) is 1. The van der Waals surface area contributed by atoms with Gasteiger partial charge in [-0.1, -0.05) is 61.0 Å². The maximum absolute atomic E-state index is 13.2. The number of nitrogens with one attached hydrogen (secondary N) is 1. The topological polar surface area (TPSA) is 75.7 Å². The number of methoxy groups -OCH3 is 1. The Morgan fingerprint density at radius 2 is 1.67 bits per heavy atom. The van der Waals surface area contributed by atoms with Gasteiger partial charge in [0, 0.05) is 19.5 Å². The highest BCUT2D eigenvalue weighted by molar-refractivity contribution is 7.89. The number of hydrogen-bond acceptors (Lipinski definition) is 4. The summed E-state index contributed by atoms with van der Waals surface area (Å²) in [4.78, 5) is 13.4. The molecule has 36 heavy (non-hydrogen) atoms. The number of sulfonamides is 1. The molecular weight excluding hydrogens is 472 g/mol. The molecule has 0 saturated carbocycles. The molecule has 1 saturated heterocycles. The summed E-state index contributed by atoms with van der Waals surface area (Å²) in [6, 6.07) is 22.6. The van der Waals surface area contributed by atoms with Gasteiger partial charge in [-0.2, -0.15) is 4.31 Å². The normalized spacial score (nSPS) is 15.3. The lowest BCUT2D eigenvalue weighted by molar-refractivity contribution is -0.121. The van der Waals surface area contributed by atoms with Crippen molar-refractivity contribution in [3.05, 3.63) is 95.1 Å². The number of piperidine rings is 1. The van der Waals surface area contributed by atoms with E-state index in [2.05, 4.69) is 5.32 Å². The first-order valence-corrected chi connectivity index (χ1v) is 13.9. The fourth-order valence-electron chi connectivity index (χ4n) is 4.74. The Morgan fingerprint density at radius 3 is 2.36 bits per heavy atom. The Balaban J connectivity index is 1.52. The molecule has 0 spiro atoms. The minimum atomic E-state index is -3.57. The van der Waals surface area contributed by atoms with Gasteiger partial charge in [0.15, 0.2) is 0 Å². The molecule has 1 heterocycles. The molecule has 1 N–H and O–H groups in total. The van der Waals surface area contributed by atoms with Gasteiger partial charge in [-0.3, -0.25) is 4.79 Å². The number of hydrogen-bond donors (Lipinski definition) is 1. The van der Waals surface area contributed by atoms with Gasteiger partial charge in [0.2, 0.25) is 15.9 Å². The molecule has 3 aromatic rings. The highest BCUT2D eigenvalue weighted by Crippen LogP contribution is 2.28. The van der Waals surface area contributed by atoms with Crippen molar-refractivity contribution in [3.63, 3.8) is 0 Å². The van der Waals surface area contributed by atoms with E-state index < -0.39 is 10.0 Å². The van der Waals surface area contributed by atoms with Crippen LogP contribution in [0.4, 0.5) is 0 Å². The van der Waals surface area contributed by atoms with Crippen molar-refractivity contribution >= 4 is 15.9 Å². The Bertz CT molecular complexity index is 1290. The van der Waals surface area contributed by atoms with E-state index in [1.54, 1.807) is 29.6 Å². The number of aryl methyl sites for hydroxylation is 2. The van der Waals surface area contributed by atoms with E-state index in [1.807, 2.05) is 61.5 Å². The van der Waals surface area contributed by atoms with Crippen molar-refractivity contribution in [3.8, 4) is 5.75 Å². The van der Waals surface area contributed by atoms with E-state index >= 15 is 0 Å². The number of amides is 1. The maximum atomic E-state index is 13.2. The predicted molar refractivity (Wildman–Crippen MR) is 142 cm³/mol. The first kappa shape index (κ1) is 25.9. The third-order valence-corrected chi connectivity index (χ3v) is 8.66. The molecule has 1 unspecified atom stereocenters. The van der Waals surface area contributed by atoms with Gasteiger partial charge in [0.25, 0.3) is 0 Å². The van der Waals surface area contributed by atoms with Gasteiger partial charge in [0.1, 0.15) is 5.75 Å². The number of carbonyl (C=O) groups excluding carboxylic acids is 1. The molecule has 0 radical (unpaired) electrons. The zero-order valence-corrected chi connectivity index (χ0v) is 21.8. The van der Waals surface area contributed by atoms with Crippen LogP contribution in [0.2, 0.25) is 0 Å². The summed E-state index contributed by atoms with van der Waals surface area (Å²) in [6.07, 6.45) is 3.39. The minimum absolute atomic E-state index is 0.113. The van der Waals surface area contributed by atoms with Gasteiger partial charge < -0.3 is 10.1 Å². The molecule has 1 fully saturated rings. The second-order valence-electron chi connectivity index (χ2n) is 9.21. The Morgan fingerprint density at radius 1 is 0.972 bits per heavy atom. The summed E-state index contributed by atoms with van der Waals surface area (Å²) in [7, 11) is -2.01. The number of rotatable bonds is 9. The Kier molecular flexibility index (Phi) is 8.44. The summed E-state index contributed by atoms with van der Waals surface area (Å²) in [6.45, 7) is 3.13. The Labute approximate surface area is 214 Å². The van der Waals surface area contributed by atoms with Crippen LogP contribution >= 0.6 is 0 Å². The smallest absolute Gasteiger partial charge is 0.243 e. The van der Waals surface area contributed by atoms with Crippen LogP contribution in [0.5, 0.6) is 5.75 Å². The van der Waals surface area contributed by atoms with Gasteiger partial charge in [0.05, 0.1) is 18.0 Å². The Hall–Kier alpha value is -3.16. The zero-order chi connectivity index (χ0) is 25.5. The van der Waals surface area contributed by atoms with Gasteiger partial charge in [-0.25, -0.2) is 8.42 Å². The van der Waals surface area contributed by atoms with E-state index in [9.17, 15) is 13.2 Å². The van der Waals surface area contributed by atoms with Crippen LogP contribution in [0.15, 0.2) is 77.7 Å². The molecule has 7 heteroatoms. The molecule has 6 nitrogen and oxygen atoms in total. The van der Waals surface area contributed by atoms with E-state index in [-0.39, 0.29) is 23.3 Å². The third-order valence-electron chi connectivity index (χ3n) is 6.76. The summed E-state index contributed by atoms with van der Waals surface area (Å²) >= 11 is 0. The van der Waals surface area contributed by atoms with Crippen LogP contribution in [-0.2, 0) is 21.2 Å². The van der Waals surface area contributed by atoms with Crippen LogP contribution in [0.3, 0.4) is 0 Å². The largest absolute Gasteiger partial charge is 0.496 e. The predicted octanol–water partition coefficient (Wildman–Crippen LogP) is 5.02. The van der Waals surface area contributed by atoms with E-state index in [4.69, 9.17) is 4.74 Å². The van der Waals surface area contributed by atoms with E-state index in [0.717, 1.165) is 36.0 Å². The van der Waals surface area contributed by atoms with Crippen LogP contribution in [0, 0.1) is 6.92 Å². The first-order valence-electron chi connectivity index (χ1n) is 12.5. The summed E-state index contributed by atoms with van der Waals surface area (Å²) in [5, 5.41) is 3.19. The van der Waals surface area contributed by atoms with Gasteiger partial charge in [-0.05, 0) is 66.6 Å². The lowest BCUT2D eigenvalue weighted by atomic mass is 9.94. The molecule has 3 aromatic carbocycles.